The average molecular weight is 283 g/mol. The standard InChI is InChI=1S/C19H25NO/c1-4-6-16-9-11-17(12-10-16)19(21)14-20(3)18-8-5-7-15(2)13-18/h5,7-13,19,21H,4,6,14H2,1-3H3. The zero-order valence-corrected chi connectivity index (χ0v) is 13.2. The number of anilines is 1. The van der Waals surface area contributed by atoms with Crippen LogP contribution in [0.15, 0.2) is 48.5 Å². The van der Waals surface area contributed by atoms with Gasteiger partial charge < -0.3 is 10.0 Å². The summed E-state index contributed by atoms with van der Waals surface area (Å²) in [5.74, 6) is 0. The minimum absolute atomic E-state index is 0.466. The molecule has 1 atom stereocenters. The van der Waals surface area contributed by atoms with Crippen LogP contribution in [0.5, 0.6) is 0 Å². The molecule has 2 heteroatoms. The lowest BCUT2D eigenvalue weighted by Gasteiger charge is -2.23. The van der Waals surface area contributed by atoms with Gasteiger partial charge in [-0.3, -0.25) is 0 Å². The van der Waals surface area contributed by atoms with Gasteiger partial charge in [-0.05, 0) is 42.2 Å². The van der Waals surface area contributed by atoms with Crippen LogP contribution in [0, 0.1) is 6.92 Å². The van der Waals surface area contributed by atoms with E-state index in [9.17, 15) is 5.11 Å². The monoisotopic (exact) mass is 283 g/mol. The van der Waals surface area contributed by atoms with E-state index in [0.717, 1.165) is 24.1 Å². The Hall–Kier alpha value is -1.80. The van der Waals surface area contributed by atoms with Crippen molar-refractivity contribution in [3.63, 3.8) is 0 Å². The lowest BCUT2D eigenvalue weighted by atomic mass is 10.0. The molecule has 2 rings (SSSR count). The van der Waals surface area contributed by atoms with E-state index in [-0.39, 0.29) is 0 Å². The fraction of sp³-hybridized carbons (Fsp3) is 0.368. The van der Waals surface area contributed by atoms with Crippen LogP contribution in [0.1, 0.15) is 36.1 Å². The Kier molecular flexibility index (Phi) is 5.40. The Bertz CT molecular complexity index is 562. The highest BCUT2D eigenvalue weighted by atomic mass is 16.3. The molecule has 0 fully saturated rings. The van der Waals surface area contributed by atoms with Gasteiger partial charge in [0.05, 0.1) is 6.10 Å². The minimum atomic E-state index is -0.466. The van der Waals surface area contributed by atoms with E-state index in [2.05, 4.69) is 49.1 Å². The number of benzene rings is 2. The first kappa shape index (κ1) is 15.6. The average Bonchev–Trinajstić information content (AvgIpc) is 2.48. The van der Waals surface area contributed by atoms with Gasteiger partial charge in [-0.15, -0.1) is 0 Å². The third-order valence-corrected chi connectivity index (χ3v) is 3.79. The molecule has 21 heavy (non-hydrogen) atoms. The van der Waals surface area contributed by atoms with Gasteiger partial charge in [-0.25, -0.2) is 0 Å². The highest BCUT2D eigenvalue weighted by molar-refractivity contribution is 5.48. The fourth-order valence-electron chi connectivity index (χ4n) is 2.53. The number of rotatable bonds is 6. The normalized spacial score (nSPS) is 12.2. The maximum Gasteiger partial charge on any atom is 0.0964 e. The van der Waals surface area contributed by atoms with E-state index in [1.165, 1.54) is 11.1 Å². The molecule has 0 amide bonds. The molecule has 0 bridgehead atoms. The van der Waals surface area contributed by atoms with Crippen LogP contribution in [0.3, 0.4) is 0 Å². The third kappa shape index (κ3) is 4.33. The summed E-state index contributed by atoms with van der Waals surface area (Å²) in [6.45, 7) is 4.86. The SMILES string of the molecule is CCCc1ccc(C(O)CN(C)c2cccc(C)c2)cc1. The fourth-order valence-corrected chi connectivity index (χ4v) is 2.53. The first-order valence-corrected chi connectivity index (χ1v) is 7.65. The molecular weight excluding hydrogens is 258 g/mol. The van der Waals surface area contributed by atoms with Crippen LogP contribution < -0.4 is 4.90 Å². The molecule has 2 aromatic carbocycles. The zero-order valence-electron chi connectivity index (χ0n) is 13.2. The van der Waals surface area contributed by atoms with Crippen molar-refractivity contribution in [3.8, 4) is 0 Å². The number of likely N-dealkylation sites (N-methyl/N-ethyl adjacent to an activating group) is 1. The number of hydrogen-bond acceptors (Lipinski definition) is 2. The van der Waals surface area contributed by atoms with Crippen molar-refractivity contribution in [2.45, 2.75) is 32.8 Å². The van der Waals surface area contributed by atoms with E-state index in [0.29, 0.717) is 6.54 Å². The van der Waals surface area contributed by atoms with Crippen LogP contribution in [0.4, 0.5) is 5.69 Å². The Morgan fingerprint density at radius 1 is 1.10 bits per heavy atom. The summed E-state index contributed by atoms with van der Waals surface area (Å²) >= 11 is 0. The summed E-state index contributed by atoms with van der Waals surface area (Å²) in [5.41, 5.74) is 4.68. The van der Waals surface area contributed by atoms with Crippen molar-refractivity contribution >= 4 is 5.69 Å². The van der Waals surface area contributed by atoms with E-state index in [1.54, 1.807) is 0 Å². The van der Waals surface area contributed by atoms with Crippen LogP contribution in [-0.4, -0.2) is 18.7 Å². The maximum atomic E-state index is 10.4. The molecule has 0 saturated carbocycles. The molecule has 1 N–H and O–H groups in total. The van der Waals surface area contributed by atoms with Gasteiger partial charge in [-0.2, -0.15) is 0 Å². The van der Waals surface area contributed by atoms with Crippen LogP contribution in [0.25, 0.3) is 0 Å². The summed E-state index contributed by atoms with van der Waals surface area (Å²) in [6.07, 6.45) is 1.78. The van der Waals surface area contributed by atoms with Crippen molar-refractivity contribution in [2.24, 2.45) is 0 Å². The van der Waals surface area contributed by atoms with Gasteiger partial charge in [0.2, 0.25) is 0 Å². The number of aliphatic hydroxyl groups excluding tert-OH is 1. The molecule has 0 spiro atoms. The number of hydrogen-bond donors (Lipinski definition) is 1. The molecule has 1 unspecified atom stereocenters. The zero-order chi connectivity index (χ0) is 15.2. The molecule has 0 aliphatic carbocycles. The summed E-state index contributed by atoms with van der Waals surface area (Å²) in [7, 11) is 2.02. The first-order chi connectivity index (χ1) is 10.1. The molecule has 2 aromatic rings. The van der Waals surface area contributed by atoms with E-state index in [4.69, 9.17) is 0 Å². The Balaban J connectivity index is 2.01. The van der Waals surface area contributed by atoms with Gasteiger partial charge in [0.25, 0.3) is 0 Å². The summed E-state index contributed by atoms with van der Waals surface area (Å²) in [5, 5.41) is 10.4. The highest BCUT2D eigenvalue weighted by Gasteiger charge is 2.11. The van der Waals surface area contributed by atoms with Crippen LogP contribution >= 0.6 is 0 Å². The Morgan fingerprint density at radius 2 is 1.81 bits per heavy atom. The van der Waals surface area contributed by atoms with Crippen LogP contribution in [-0.2, 0) is 6.42 Å². The van der Waals surface area contributed by atoms with E-state index in [1.807, 2.05) is 25.2 Å². The summed E-state index contributed by atoms with van der Waals surface area (Å²) in [4.78, 5) is 2.09. The molecule has 0 aliphatic rings. The second kappa shape index (κ2) is 7.28. The molecule has 0 saturated heterocycles. The van der Waals surface area contributed by atoms with Crippen LogP contribution in [0.2, 0.25) is 0 Å². The molecule has 0 aliphatic heterocycles. The predicted molar refractivity (Wildman–Crippen MR) is 89.8 cm³/mol. The second-order valence-electron chi connectivity index (χ2n) is 5.73. The molecule has 0 heterocycles. The van der Waals surface area contributed by atoms with Crippen molar-refractivity contribution in [2.75, 3.05) is 18.5 Å². The number of aliphatic hydroxyl groups is 1. The van der Waals surface area contributed by atoms with Gasteiger partial charge in [0, 0.05) is 19.3 Å². The quantitative estimate of drug-likeness (QED) is 0.862. The molecule has 0 radical (unpaired) electrons. The highest BCUT2D eigenvalue weighted by Crippen LogP contribution is 2.20. The minimum Gasteiger partial charge on any atom is -0.387 e. The lowest BCUT2D eigenvalue weighted by molar-refractivity contribution is 0.185. The van der Waals surface area contributed by atoms with Crippen molar-refractivity contribution in [1.29, 1.82) is 0 Å². The Labute approximate surface area is 128 Å². The summed E-state index contributed by atoms with van der Waals surface area (Å²) < 4.78 is 0. The Morgan fingerprint density at radius 3 is 2.43 bits per heavy atom. The van der Waals surface area contributed by atoms with Crippen molar-refractivity contribution in [1.82, 2.24) is 0 Å². The van der Waals surface area contributed by atoms with Gasteiger partial charge >= 0.3 is 0 Å². The smallest absolute Gasteiger partial charge is 0.0964 e. The summed E-state index contributed by atoms with van der Waals surface area (Å²) in [6, 6.07) is 16.7. The maximum absolute atomic E-state index is 10.4. The molecule has 2 nitrogen and oxygen atoms in total. The largest absolute Gasteiger partial charge is 0.387 e. The second-order valence-corrected chi connectivity index (χ2v) is 5.73. The van der Waals surface area contributed by atoms with Gasteiger partial charge in [-0.1, -0.05) is 49.7 Å². The van der Waals surface area contributed by atoms with Crippen molar-refractivity contribution in [3.05, 3.63) is 65.2 Å². The van der Waals surface area contributed by atoms with E-state index >= 15 is 0 Å². The number of aryl methyl sites for hydroxylation is 2. The predicted octanol–water partition coefficient (Wildman–Crippen LogP) is 4.12. The molecule has 112 valence electrons. The first-order valence-electron chi connectivity index (χ1n) is 7.65. The van der Waals surface area contributed by atoms with E-state index < -0.39 is 6.10 Å². The topological polar surface area (TPSA) is 23.5 Å². The molecule has 0 aromatic heterocycles. The van der Waals surface area contributed by atoms with Gasteiger partial charge in [0.1, 0.15) is 0 Å². The lowest BCUT2D eigenvalue weighted by Crippen LogP contribution is -2.24. The number of nitrogens with zero attached hydrogens (tertiary/aromatic N) is 1. The third-order valence-electron chi connectivity index (χ3n) is 3.79. The van der Waals surface area contributed by atoms with Crippen molar-refractivity contribution < 1.29 is 5.11 Å². The van der Waals surface area contributed by atoms with Gasteiger partial charge in [0.15, 0.2) is 0 Å². The molecular formula is C19H25NO.